The lowest BCUT2D eigenvalue weighted by molar-refractivity contribution is -0.121. The topological polar surface area (TPSA) is 116 Å². The molecule has 0 radical (unpaired) electrons. The number of nitrogens with zero attached hydrogens (tertiary/aromatic N) is 2. The van der Waals surface area contributed by atoms with E-state index in [1.807, 2.05) is 19.1 Å². The summed E-state index contributed by atoms with van der Waals surface area (Å²) >= 11 is 0. The van der Waals surface area contributed by atoms with Gasteiger partial charge in [-0.15, -0.1) is 0 Å². The van der Waals surface area contributed by atoms with Crippen molar-refractivity contribution >= 4 is 44.0 Å². The van der Waals surface area contributed by atoms with Crippen molar-refractivity contribution in [2.75, 3.05) is 6.61 Å². The quantitative estimate of drug-likeness (QED) is 0.118. The van der Waals surface area contributed by atoms with Gasteiger partial charge in [-0.1, -0.05) is 42.0 Å². The summed E-state index contributed by atoms with van der Waals surface area (Å²) in [5.74, 6) is -0.148. The Balaban J connectivity index is 1.34. The molecule has 208 valence electrons. The van der Waals surface area contributed by atoms with E-state index in [-0.39, 0.29) is 35.0 Å². The van der Waals surface area contributed by atoms with Crippen LogP contribution >= 0.6 is 0 Å². The van der Waals surface area contributed by atoms with Crippen molar-refractivity contribution in [3.63, 3.8) is 0 Å². The Morgan fingerprint density at radius 3 is 2.17 bits per heavy atom. The normalized spacial score (nSPS) is 11.7. The summed E-state index contributed by atoms with van der Waals surface area (Å²) < 4.78 is 38.3. The van der Waals surface area contributed by atoms with Crippen LogP contribution in [0.3, 0.4) is 0 Å². The number of aryl methyl sites for hydroxylation is 1. The van der Waals surface area contributed by atoms with Gasteiger partial charge in [-0.25, -0.2) is 5.43 Å². The van der Waals surface area contributed by atoms with Crippen LogP contribution in [0.5, 0.6) is 11.5 Å². The molecule has 0 saturated heterocycles. The minimum absolute atomic E-state index is 0.0298. The summed E-state index contributed by atoms with van der Waals surface area (Å²) in [6.07, 6.45) is 1.42. The number of fused-ring (bicyclic) bond motifs is 2. The van der Waals surface area contributed by atoms with Crippen molar-refractivity contribution < 1.29 is 22.1 Å². The smallest absolute Gasteiger partial charge is 0.339 e. The van der Waals surface area contributed by atoms with Crippen molar-refractivity contribution in [1.82, 2.24) is 9.99 Å². The molecule has 0 bridgehead atoms. The van der Waals surface area contributed by atoms with Crippen LogP contribution in [-0.4, -0.2) is 31.7 Å². The maximum absolute atomic E-state index is 12.9. The van der Waals surface area contributed by atoms with Crippen molar-refractivity contribution in [2.24, 2.45) is 5.10 Å². The average molecular weight is 570 g/mol. The minimum atomic E-state index is -4.07. The summed E-state index contributed by atoms with van der Waals surface area (Å²) in [5, 5.41) is 5.11. The number of hydrogen-bond donors (Lipinski definition) is 1. The molecular formula is C31H27N3O6S. The fourth-order valence-corrected chi connectivity index (χ4v) is 5.36. The number of aromatic nitrogens is 1. The summed E-state index contributed by atoms with van der Waals surface area (Å²) in [5.41, 5.74) is 5.20. The molecule has 5 aromatic rings. The van der Waals surface area contributed by atoms with Crippen LogP contribution in [-0.2, 0) is 21.5 Å². The van der Waals surface area contributed by atoms with Gasteiger partial charge in [0.05, 0.1) is 23.9 Å². The molecule has 1 amide bonds. The molecule has 41 heavy (non-hydrogen) atoms. The Hall–Kier alpha value is -4.96. The van der Waals surface area contributed by atoms with Crippen LogP contribution in [0.1, 0.15) is 18.1 Å². The SMILES string of the molecule is CCOc1cc(/C=N\NC(=O)Cn2c3ccccc3c(=O)c3ccccc32)ccc1OS(=O)(=O)c1ccc(C)cc1. The van der Waals surface area contributed by atoms with Crippen molar-refractivity contribution in [3.05, 3.63) is 112 Å². The number of pyridine rings is 1. The third-order valence-corrected chi connectivity index (χ3v) is 7.61. The Morgan fingerprint density at radius 1 is 0.902 bits per heavy atom. The van der Waals surface area contributed by atoms with Gasteiger partial charge in [-0.2, -0.15) is 13.5 Å². The lowest BCUT2D eigenvalue weighted by Crippen LogP contribution is -2.25. The van der Waals surface area contributed by atoms with E-state index in [0.29, 0.717) is 27.4 Å². The highest BCUT2D eigenvalue weighted by Gasteiger charge is 2.19. The highest BCUT2D eigenvalue weighted by molar-refractivity contribution is 7.87. The predicted molar refractivity (Wildman–Crippen MR) is 158 cm³/mol. The van der Waals surface area contributed by atoms with Crippen LogP contribution in [0.25, 0.3) is 21.8 Å². The van der Waals surface area contributed by atoms with E-state index in [4.69, 9.17) is 8.92 Å². The third kappa shape index (κ3) is 5.97. The molecule has 0 unspecified atom stereocenters. The summed E-state index contributed by atoms with van der Waals surface area (Å²) in [7, 11) is -4.07. The second kappa shape index (κ2) is 11.6. The van der Waals surface area contributed by atoms with Crippen LogP contribution in [0.15, 0.2) is 106 Å². The van der Waals surface area contributed by atoms with E-state index in [1.165, 1.54) is 24.4 Å². The van der Waals surface area contributed by atoms with Gasteiger partial charge >= 0.3 is 10.1 Å². The zero-order valence-electron chi connectivity index (χ0n) is 22.4. The fraction of sp³-hybridized carbons (Fsp3) is 0.129. The summed E-state index contributed by atoms with van der Waals surface area (Å²) in [6.45, 7) is 3.84. The molecule has 9 nitrogen and oxygen atoms in total. The van der Waals surface area contributed by atoms with Gasteiger partial charge in [0.2, 0.25) is 0 Å². The third-order valence-electron chi connectivity index (χ3n) is 6.36. The highest BCUT2D eigenvalue weighted by atomic mass is 32.2. The molecule has 0 fully saturated rings. The Morgan fingerprint density at radius 2 is 1.54 bits per heavy atom. The molecule has 1 heterocycles. The lowest BCUT2D eigenvalue weighted by Gasteiger charge is -2.14. The molecule has 1 aromatic heterocycles. The molecule has 0 saturated carbocycles. The number of carbonyl (C=O) groups is 1. The molecule has 0 aliphatic heterocycles. The van der Waals surface area contributed by atoms with E-state index >= 15 is 0 Å². The summed E-state index contributed by atoms with van der Waals surface area (Å²) in [6, 6.07) is 25.3. The standard InChI is InChI=1S/C31H27N3O6S/c1-3-39-29-18-22(14-17-28(29)40-41(37,38)23-15-12-21(2)13-16-23)19-32-33-30(35)20-34-26-10-6-4-8-24(26)31(36)25-9-5-7-11-27(25)34/h4-19H,3,20H2,1-2H3,(H,33,35)/b32-19-. The van der Waals surface area contributed by atoms with Gasteiger partial charge in [0.25, 0.3) is 5.91 Å². The van der Waals surface area contributed by atoms with E-state index < -0.39 is 16.0 Å². The predicted octanol–water partition coefficient (Wildman–Crippen LogP) is 4.78. The van der Waals surface area contributed by atoms with Gasteiger partial charge < -0.3 is 13.5 Å². The van der Waals surface area contributed by atoms with Gasteiger partial charge in [0.15, 0.2) is 16.9 Å². The number of benzene rings is 4. The first-order valence-corrected chi connectivity index (χ1v) is 14.3. The summed E-state index contributed by atoms with van der Waals surface area (Å²) in [4.78, 5) is 25.8. The first-order valence-electron chi connectivity index (χ1n) is 12.9. The van der Waals surface area contributed by atoms with Gasteiger partial charge in [0, 0.05) is 10.8 Å². The number of rotatable bonds is 9. The molecule has 4 aromatic carbocycles. The largest absolute Gasteiger partial charge is 0.490 e. The Labute approximate surface area is 236 Å². The minimum Gasteiger partial charge on any atom is -0.490 e. The van der Waals surface area contributed by atoms with Gasteiger partial charge in [-0.05, 0) is 74.0 Å². The van der Waals surface area contributed by atoms with Crippen LogP contribution in [0, 0.1) is 6.92 Å². The van der Waals surface area contributed by atoms with Crippen LogP contribution < -0.4 is 19.8 Å². The van der Waals surface area contributed by atoms with Gasteiger partial charge in [0.1, 0.15) is 11.4 Å². The van der Waals surface area contributed by atoms with Crippen LogP contribution in [0.2, 0.25) is 0 Å². The Kier molecular flexibility index (Phi) is 7.84. The van der Waals surface area contributed by atoms with Crippen molar-refractivity contribution in [2.45, 2.75) is 25.3 Å². The number of amides is 1. The number of nitrogens with one attached hydrogen (secondary N) is 1. The first-order chi connectivity index (χ1) is 19.8. The monoisotopic (exact) mass is 569 g/mol. The van der Waals surface area contributed by atoms with E-state index in [9.17, 15) is 18.0 Å². The number of para-hydroxylation sites is 2. The van der Waals surface area contributed by atoms with Gasteiger partial charge in [-0.3, -0.25) is 9.59 Å². The number of ether oxygens (including phenoxy) is 1. The number of hydrazone groups is 1. The van der Waals surface area contributed by atoms with Crippen molar-refractivity contribution in [3.8, 4) is 11.5 Å². The zero-order chi connectivity index (χ0) is 29.0. The molecule has 0 aliphatic carbocycles. The van der Waals surface area contributed by atoms with E-state index in [2.05, 4.69) is 10.5 Å². The molecule has 1 N–H and O–H groups in total. The number of carbonyl (C=O) groups excluding carboxylic acids is 1. The lowest BCUT2D eigenvalue weighted by atomic mass is 10.1. The van der Waals surface area contributed by atoms with Crippen molar-refractivity contribution in [1.29, 1.82) is 0 Å². The average Bonchev–Trinajstić information content (AvgIpc) is 2.97. The highest BCUT2D eigenvalue weighted by Crippen LogP contribution is 2.31. The van der Waals surface area contributed by atoms with E-state index in [0.717, 1.165) is 5.56 Å². The number of hydrogen-bond acceptors (Lipinski definition) is 7. The molecule has 5 rings (SSSR count). The van der Waals surface area contributed by atoms with E-state index in [1.54, 1.807) is 72.2 Å². The molecule has 0 aliphatic rings. The molecule has 0 atom stereocenters. The first kappa shape index (κ1) is 27.6. The zero-order valence-corrected chi connectivity index (χ0v) is 23.2. The molecular weight excluding hydrogens is 542 g/mol. The second-order valence-corrected chi connectivity index (χ2v) is 10.8. The maximum atomic E-state index is 12.9. The molecule has 10 heteroatoms. The second-order valence-electron chi connectivity index (χ2n) is 9.23. The Bertz CT molecular complexity index is 1890. The van der Waals surface area contributed by atoms with Crippen LogP contribution in [0.4, 0.5) is 0 Å². The maximum Gasteiger partial charge on any atom is 0.339 e. The molecule has 0 spiro atoms. The fourth-order valence-electron chi connectivity index (χ4n) is 4.42.